The topological polar surface area (TPSA) is 35.6 Å². The molecule has 4 aromatic heterocycles. The van der Waals surface area contributed by atoms with Crippen LogP contribution in [0.2, 0.25) is 0 Å². The molecule has 0 unspecified atom stereocenters. The molecule has 0 N–H and O–H groups in total. The molecule has 13 aromatic rings. The summed E-state index contributed by atoms with van der Waals surface area (Å²) in [5.41, 5.74) is 13.9. The molecule has 0 aliphatic carbocycles. The van der Waals surface area contributed by atoms with Crippen LogP contribution < -0.4 is 0 Å². The van der Waals surface area contributed by atoms with Gasteiger partial charge in [-0.05, 0) is 72.3 Å². The van der Waals surface area contributed by atoms with Crippen molar-refractivity contribution in [1.82, 2.24) is 19.1 Å². The quantitative estimate of drug-likeness (QED) is 0.167. The Hall–Kier alpha value is -8.12. The third kappa shape index (κ3) is 5.67. The summed E-state index contributed by atoms with van der Waals surface area (Å²) < 4.78 is 7.48. The smallest absolute Gasteiger partial charge is 0.160 e. The monoisotopic (exact) mass is 820 g/mol. The van der Waals surface area contributed by atoms with Gasteiger partial charge in [-0.3, -0.25) is 0 Å². The summed E-state index contributed by atoms with van der Waals surface area (Å²) in [5.74, 6) is 0.677. The molecule has 0 atom stereocenters. The predicted octanol–water partition coefficient (Wildman–Crippen LogP) is 15.7. The highest BCUT2D eigenvalue weighted by molar-refractivity contribution is 7.26. The number of benzene rings is 9. The lowest BCUT2D eigenvalue weighted by molar-refractivity contribution is 1.16. The van der Waals surface area contributed by atoms with Gasteiger partial charge in [0, 0.05) is 69.7 Å². The van der Waals surface area contributed by atoms with Gasteiger partial charge in [0.2, 0.25) is 0 Å². The first-order valence-electron chi connectivity index (χ1n) is 21.3. The van der Waals surface area contributed by atoms with Crippen molar-refractivity contribution in [2.24, 2.45) is 0 Å². The van der Waals surface area contributed by atoms with Crippen LogP contribution in [0.3, 0.4) is 0 Å². The molecule has 0 aliphatic heterocycles. The van der Waals surface area contributed by atoms with Crippen molar-refractivity contribution in [3.8, 4) is 56.4 Å². The second-order valence-corrected chi connectivity index (χ2v) is 17.2. The van der Waals surface area contributed by atoms with Gasteiger partial charge >= 0.3 is 0 Å². The fourth-order valence-electron chi connectivity index (χ4n) is 9.70. The highest BCUT2D eigenvalue weighted by Gasteiger charge is 2.22. The van der Waals surface area contributed by atoms with Crippen LogP contribution in [0.1, 0.15) is 0 Å². The minimum Gasteiger partial charge on any atom is -0.309 e. The van der Waals surface area contributed by atoms with Crippen LogP contribution in [0, 0.1) is 0 Å². The van der Waals surface area contributed by atoms with E-state index < -0.39 is 0 Å². The largest absolute Gasteiger partial charge is 0.309 e. The Morgan fingerprint density at radius 1 is 0.349 bits per heavy atom. The number of aromatic nitrogens is 4. The summed E-state index contributed by atoms with van der Waals surface area (Å²) in [6.45, 7) is 0. The van der Waals surface area contributed by atoms with Crippen LogP contribution in [0.5, 0.6) is 0 Å². The molecule has 13 rings (SSSR count). The molecule has 0 fully saturated rings. The van der Waals surface area contributed by atoms with Crippen LogP contribution in [-0.4, -0.2) is 19.1 Å². The van der Waals surface area contributed by atoms with E-state index >= 15 is 0 Å². The summed E-state index contributed by atoms with van der Waals surface area (Å²) in [6, 6.07) is 78.4. The Morgan fingerprint density at radius 3 is 1.60 bits per heavy atom. The second kappa shape index (κ2) is 14.2. The molecule has 4 nitrogen and oxygen atoms in total. The Kier molecular flexibility index (Phi) is 8.05. The summed E-state index contributed by atoms with van der Waals surface area (Å²) >= 11 is 1.88. The Balaban J connectivity index is 1.09. The van der Waals surface area contributed by atoms with E-state index in [0.29, 0.717) is 5.82 Å². The van der Waals surface area contributed by atoms with Crippen LogP contribution in [0.4, 0.5) is 0 Å². The highest BCUT2D eigenvalue weighted by atomic mass is 32.1. The van der Waals surface area contributed by atoms with Gasteiger partial charge in [0.15, 0.2) is 5.82 Å². The maximum absolute atomic E-state index is 5.29. The molecule has 0 bridgehead atoms. The van der Waals surface area contributed by atoms with Gasteiger partial charge in [-0.15, -0.1) is 11.3 Å². The van der Waals surface area contributed by atoms with E-state index in [9.17, 15) is 0 Å². The SMILES string of the molecule is c1ccc(-c2cc(-c3ccccc3)nc(-c3ccc(-n4c5ccccc5c5c6sc7ccccc7c6ccc54)c(-c4cccc(-n5c6ccccc6c6ccccc65)c4)c3)n2)cc1. The van der Waals surface area contributed by atoms with Crippen molar-refractivity contribution in [1.29, 1.82) is 0 Å². The van der Waals surface area contributed by atoms with Gasteiger partial charge in [-0.25, -0.2) is 9.97 Å². The maximum atomic E-state index is 5.29. The number of thiophene rings is 1. The van der Waals surface area contributed by atoms with Crippen LogP contribution in [-0.2, 0) is 0 Å². The zero-order valence-electron chi connectivity index (χ0n) is 34.0. The first-order chi connectivity index (χ1) is 31.2. The van der Waals surface area contributed by atoms with Crippen molar-refractivity contribution < 1.29 is 0 Å². The molecule has 9 aromatic carbocycles. The Bertz CT molecular complexity index is 3800. The molecule has 294 valence electrons. The summed E-state index contributed by atoms with van der Waals surface area (Å²) in [5, 5.41) is 7.60. The van der Waals surface area contributed by atoms with E-state index in [1.807, 2.05) is 23.5 Å². The lowest BCUT2D eigenvalue weighted by atomic mass is 9.99. The standard InChI is InChI=1S/C58H36N4S/c1-3-16-37(17-4-1)48-36-49(38-18-5-2-6-19-38)60-58(59-48)40-30-32-53(62-52-28-13-9-25-46(52)56-54(62)33-31-45-44-24-10-14-29-55(44)63-57(45)56)47(35-40)39-20-15-21-41(34-39)61-50-26-11-7-22-42(50)43-23-8-12-27-51(43)61/h1-36H. The molecule has 0 amide bonds. The minimum absolute atomic E-state index is 0.677. The molecule has 0 spiro atoms. The number of rotatable bonds is 6. The fourth-order valence-corrected chi connectivity index (χ4v) is 11.0. The zero-order chi connectivity index (χ0) is 41.4. The van der Waals surface area contributed by atoms with Gasteiger partial charge in [0.25, 0.3) is 0 Å². The van der Waals surface area contributed by atoms with Crippen molar-refractivity contribution in [2.45, 2.75) is 0 Å². The first kappa shape index (κ1) is 35.6. The van der Waals surface area contributed by atoms with Crippen LogP contribution in [0.25, 0.3) is 120 Å². The van der Waals surface area contributed by atoms with Gasteiger partial charge in [-0.2, -0.15) is 0 Å². The normalized spacial score (nSPS) is 11.8. The third-order valence-corrected chi connectivity index (χ3v) is 13.7. The van der Waals surface area contributed by atoms with Crippen LogP contribution in [0.15, 0.2) is 218 Å². The molecular formula is C58H36N4S. The molecule has 63 heavy (non-hydrogen) atoms. The highest BCUT2D eigenvalue weighted by Crippen LogP contribution is 2.45. The molecule has 0 radical (unpaired) electrons. The lowest BCUT2D eigenvalue weighted by Crippen LogP contribution is -2.01. The van der Waals surface area contributed by atoms with E-state index in [2.05, 4.69) is 215 Å². The summed E-state index contributed by atoms with van der Waals surface area (Å²) in [4.78, 5) is 10.6. The maximum Gasteiger partial charge on any atom is 0.160 e. The number of para-hydroxylation sites is 3. The molecule has 0 aliphatic rings. The lowest BCUT2D eigenvalue weighted by Gasteiger charge is -2.17. The average molecular weight is 821 g/mol. The van der Waals surface area contributed by atoms with Crippen molar-refractivity contribution >= 4 is 75.1 Å². The van der Waals surface area contributed by atoms with E-state index in [1.54, 1.807) is 0 Å². The zero-order valence-corrected chi connectivity index (χ0v) is 34.8. The Labute approximate surface area is 367 Å². The molecule has 0 saturated heterocycles. The summed E-state index contributed by atoms with van der Waals surface area (Å²) in [7, 11) is 0. The van der Waals surface area contributed by atoms with Gasteiger partial charge in [0.1, 0.15) is 0 Å². The first-order valence-corrected chi connectivity index (χ1v) is 22.1. The number of fused-ring (bicyclic) bond motifs is 10. The van der Waals surface area contributed by atoms with Gasteiger partial charge in [0.05, 0.1) is 39.1 Å². The van der Waals surface area contributed by atoms with Gasteiger partial charge in [-0.1, -0.05) is 152 Å². The minimum atomic E-state index is 0.677. The van der Waals surface area contributed by atoms with Crippen molar-refractivity contribution in [3.63, 3.8) is 0 Å². The predicted molar refractivity (Wildman–Crippen MR) is 265 cm³/mol. The Morgan fingerprint density at radius 2 is 0.921 bits per heavy atom. The fraction of sp³-hybridized carbons (Fsp3) is 0. The average Bonchev–Trinajstić information content (AvgIpc) is 4.02. The molecule has 5 heteroatoms. The van der Waals surface area contributed by atoms with E-state index in [4.69, 9.17) is 9.97 Å². The molecular weight excluding hydrogens is 785 g/mol. The van der Waals surface area contributed by atoms with Crippen LogP contribution >= 0.6 is 11.3 Å². The molecule has 4 heterocycles. The summed E-state index contributed by atoms with van der Waals surface area (Å²) in [6.07, 6.45) is 0. The molecule has 0 saturated carbocycles. The number of nitrogens with zero attached hydrogens (tertiary/aromatic N) is 4. The van der Waals surface area contributed by atoms with Gasteiger partial charge < -0.3 is 9.13 Å². The van der Waals surface area contributed by atoms with E-state index in [0.717, 1.165) is 50.6 Å². The number of hydrogen-bond donors (Lipinski definition) is 0. The third-order valence-electron chi connectivity index (χ3n) is 12.5. The second-order valence-electron chi connectivity index (χ2n) is 16.1. The van der Waals surface area contributed by atoms with Crippen molar-refractivity contribution in [2.75, 3.05) is 0 Å². The van der Waals surface area contributed by atoms with Crippen molar-refractivity contribution in [3.05, 3.63) is 218 Å². The number of hydrogen-bond acceptors (Lipinski definition) is 3. The van der Waals surface area contributed by atoms with E-state index in [1.165, 1.54) is 63.8 Å². The van der Waals surface area contributed by atoms with E-state index in [-0.39, 0.29) is 0 Å².